The molecule has 1 aliphatic carbocycles. The van der Waals surface area contributed by atoms with Gasteiger partial charge in [-0.05, 0) is 26.2 Å². The van der Waals surface area contributed by atoms with Gasteiger partial charge in [0.25, 0.3) is 0 Å². The molecule has 2 atom stereocenters. The Morgan fingerprint density at radius 3 is 2.39 bits per heavy atom. The molecule has 18 heavy (non-hydrogen) atoms. The van der Waals surface area contributed by atoms with Gasteiger partial charge in [-0.3, -0.25) is 4.21 Å². The molecule has 0 aromatic rings. The monoisotopic (exact) mass is 287 g/mol. The normalized spacial score (nSPS) is 20.2. The zero-order valence-electron chi connectivity index (χ0n) is 11.8. The predicted octanol–water partition coefficient (Wildman–Crippen LogP) is 3.29. The van der Waals surface area contributed by atoms with Gasteiger partial charge in [-0.2, -0.15) is 0 Å². The molecular formula is C14H25NOS2. The number of nitrogens with zero attached hydrogens (tertiary/aromatic N) is 1. The average molecular weight is 287 g/mol. The minimum atomic E-state index is -0.859. The van der Waals surface area contributed by atoms with E-state index in [0.717, 1.165) is 29.8 Å². The molecule has 0 aliphatic heterocycles. The van der Waals surface area contributed by atoms with Crippen LogP contribution in [0, 0.1) is 0 Å². The van der Waals surface area contributed by atoms with Crippen LogP contribution in [0.4, 0.5) is 0 Å². The molecule has 0 radical (unpaired) electrons. The van der Waals surface area contributed by atoms with Crippen molar-refractivity contribution in [3.8, 4) is 0 Å². The molecule has 0 aromatic heterocycles. The highest BCUT2D eigenvalue weighted by molar-refractivity contribution is 7.90. The molecule has 1 saturated carbocycles. The zero-order chi connectivity index (χ0) is 13.7. The van der Waals surface area contributed by atoms with Gasteiger partial charge in [-0.15, -0.1) is 6.58 Å². The lowest BCUT2D eigenvalue weighted by atomic mass is 10.0. The number of thiocarbonyl (C=S) groups is 1. The quantitative estimate of drug-likeness (QED) is 0.572. The van der Waals surface area contributed by atoms with E-state index >= 15 is 0 Å². The zero-order valence-corrected chi connectivity index (χ0v) is 13.4. The first-order chi connectivity index (χ1) is 8.43. The van der Waals surface area contributed by atoms with Crippen molar-refractivity contribution < 1.29 is 4.21 Å². The van der Waals surface area contributed by atoms with Crippen molar-refractivity contribution in [1.82, 2.24) is 4.90 Å². The maximum absolute atomic E-state index is 12.7. The lowest BCUT2D eigenvalue weighted by Gasteiger charge is -2.29. The molecule has 0 N–H and O–H groups in total. The molecule has 0 bridgehead atoms. The van der Waals surface area contributed by atoms with Gasteiger partial charge in [0.05, 0.1) is 10.2 Å². The van der Waals surface area contributed by atoms with Crippen LogP contribution in [0.25, 0.3) is 0 Å². The maximum atomic E-state index is 12.7. The molecule has 104 valence electrons. The summed E-state index contributed by atoms with van der Waals surface area (Å²) in [7, 11) is 3.01. The summed E-state index contributed by atoms with van der Waals surface area (Å²) >= 11 is 5.46. The van der Waals surface area contributed by atoms with Crippen LogP contribution < -0.4 is 0 Å². The van der Waals surface area contributed by atoms with E-state index in [1.165, 1.54) is 19.3 Å². The molecule has 2 nitrogen and oxygen atoms in total. The molecular weight excluding hydrogens is 262 g/mol. The van der Waals surface area contributed by atoms with E-state index in [1.54, 1.807) is 0 Å². The summed E-state index contributed by atoms with van der Waals surface area (Å²) in [6.07, 6.45) is 6.65. The Bertz CT molecular complexity index is 333. The molecule has 4 heteroatoms. The Hall–Kier alpha value is -0.220. The second-order valence-electron chi connectivity index (χ2n) is 5.47. The SMILES string of the molecule is C=C(C)C[C@@H](C(=S)N(C)C)[S@@](=O)C1CCCCC1. The summed E-state index contributed by atoms with van der Waals surface area (Å²) in [6, 6.07) is 0. The summed E-state index contributed by atoms with van der Waals surface area (Å²) in [5, 5.41) is 0.302. The Labute approximate surface area is 119 Å². The van der Waals surface area contributed by atoms with E-state index in [9.17, 15) is 4.21 Å². The summed E-state index contributed by atoms with van der Waals surface area (Å²) in [5.41, 5.74) is 1.06. The molecule has 0 amide bonds. The Morgan fingerprint density at radius 2 is 1.94 bits per heavy atom. The second kappa shape index (κ2) is 7.39. The first-order valence-corrected chi connectivity index (χ1v) is 8.37. The van der Waals surface area contributed by atoms with Crippen molar-refractivity contribution in [2.75, 3.05) is 14.1 Å². The van der Waals surface area contributed by atoms with Gasteiger partial charge in [-0.1, -0.05) is 37.1 Å². The highest BCUT2D eigenvalue weighted by Crippen LogP contribution is 2.26. The van der Waals surface area contributed by atoms with Crippen LogP contribution in [0.15, 0.2) is 12.2 Å². The van der Waals surface area contributed by atoms with Gasteiger partial charge in [0.2, 0.25) is 0 Å². The van der Waals surface area contributed by atoms with Crippen LogP contribution in [0.5, 0.6) is 0 Å². The average Bonchev–Trinajstić information content (AvgIpc) is 2.35. The smallest absolute Gasteiger partial charge is 0.0935 e. The third-order valence-corrected chi connectivity index (χ3v) is 6.29. The fourth-order valence-electron chi connectivity index (χ4n) is 2.40. The standard InChI is InChI=1S/C14H25NOS2/c1-11(2)10-13(14(17)15(3)4)18(16)12-8-6-5-7-9-12/h12-13H,1,5-10H2,2-4H3/t13-,18-/m0/s1. The molecule has 0 aromatic carbocycles. The van der Waals surface area contributed by atoms with Crippen LogP contribution in [0.2, 0.25) is 0 Å². The Balaban J connectivity index is 2.77. The number of allylic oxidation sites excluding steroid dienone is 1. The minimum absolute atomic E-state index is 0.0319. The lowest BCUT2D eigenvalue weighted by Crippen LogP contribution is -2.39. The molecule has 0 spiro atoms. The van der Waals surface area contributed by atoms with Gasteiger partial charge in [0.1, 0.15) is 0 Å². The minimum Gasteiger partial charge on any atom is -0.371 e. The molecule has 1 fully saturated rings. The van der Waals surface area contributed by atoms with Gasteiger partial charge in [0, 0.05) is 30.1 Å². The van der Waals surface area contributed by atoms with Crippen LogP contribution in [0.3, 0.4) is 0 Å². The van der Waals surface area contributed by atoms with Crippen LogP contribution in [0.1, 0.15) is 45.4 Å². The van der Waals surface area contributed by atoms with Gasteiger partial charge >= 0.3 is 0 Å². The van der Waals surface area contributed by atoms with Crippen LogP contribution in [-0.4, -0.2) is 38.7 Å². The van der Waals surface area contributed by atoms with Crippen molar-refractivity contribution in [2.24, 2.45) is 0 Å². The number of rotatable bonds is 5. The van der Waals surface area contributed by atoms with Crippen molar-refractivity contribution in [3.63, 3.8) is 0 Å². The first kappa shape index (κ1) is 15.8. The van der Waals surface area contributed by atoms with Crippen LogP contribution >= 0.6 is 12.2 Å². The molecule has 1 aliphatic rings. The summed E-state index contributed by atoms with van der Waals surface area (Å²) in [6.45, 7) is 5.94. The highest BCUT2D eigenvalue weighted by Gasteiger charge is 2.30. The van der Waals surface area contributed by atoms with E-state index in [0.29, 0.717) is 5.25 Å². The highest BCUT2D eigenvalue weighted by atomic mass is 32.2. The summed E-state index contributed by atoms with van der Waals surface area (Å²) in [5.74, 6) is 0. The fraction of sp³-hybridized carbons (Fsp3) is 0.786. The van der Waals surface area contributed by atoms with Crippen molar-refractivity contribution in [3.05, 3.63) is 12.2 Å². The number of hydrogen-bond acceptors (Lipinski definition) is 2. The van der Waals surface area contributed by atoms with E-state index in [2.05, 4.69) is 6.58 Å². The van der Waals surface area contributed by atoms with E-state index < -0.39 is 10.8 Å². The summed E-state index contributed by atoms with van der Waals surface area (Å²) in [4.78, 5) is 2.73. The largest absolute Gasteiger partial charge is 0.371 e. The summed E-state index contributed by atoms with van der Waals surface area (Å²) < 4.78 is 12.7. The maximum Gasteiger partial charge on any atom is 0.0935 e. The fourth-order valence-corrected chi connectivity index (χ4v) is 4.89. The number of hydrogen-bond donors (Lipinski definition) is 0. The third kappa shape index (κ3) is 4.47. The third-order valence-electron chi connectivity index (χ3n) is 3.41. The lowest BCUT2D eigenvalue weighted by molar-refractivity contribution is 0.502. The van der Waals surface area contributed by atoms with Crippen molar-refractivity contribution in [2.45, 2.75) is 55.9 Å². The molecule has 1 rings (SSSR count). The van der Waals surface area contributed by atoms with Crippen molar-refractivity contribution in [1.29, 1.82) is 0 Å². The molecule has 0 unspecified atom stereocenters. The van der Waals surface area contributed by atoms with Crippen LogP contribution in [-0.2, 0) is 10.8 Å². The van der Waals surface area contributed by atoms with E-state index in [-0.39, 0.29) is 5.25 Å². The topological polar surface area (TPSA) is 20.3 Å². The van der Waals surface area contributed by atoms with Gasteiger partial charge in [0.15, 0.2) is 0 Å². The Kier molecular flexibility index (Phi) is 6.50. The van der Waals surface area contributed by atoms with Gasteiger partial charge < -0.3 is 4.90 Å². The van der Waals surface area contributed by atoms with Gasteiger partial charge in [-0.25, -0.2) is 0 Å². The molecule has 0 saturated heterocycles. The van der Waals surface area contributed by atoms with E-state index in [1.807, 2.05) is 25.9 Å². The van der Waals surface area contributed by atoms with E-state index in [4.69, 9.17) is 12.2 Å². The van der Waals surface area contributed by atoms with Crippen molar-refractivity contribution >= 4 is 28.0 Å². The predicted molar refractivity (Wildman–Crippen MR) is 84.5 cm³/mol. The first-order valence-electron chi connectivity index (χ1n) is 6.68. The Morgan fingerprint density at radius 1 is 1.39 bits per heavy atom. The second-order valence-corrected chi connectivity index (χ2v) is 7.78. The molecule has 0 heterocycles.